The molecule has 0 saturated carbocycles. The van der Waals surface area contributed by atoms with E-state index in [1.165, 1.54) is 0 Å². The fraction of sp³-hybridized carbons (Fsp3) is 0. The van der Waals surface area contributed by atoms with E-state index in [2.05, 4.69) is 148 Å². The summed E-state index contributed by atoms with van der Waals surface area (Å²) in [5.41, 5.74) is 10.3. The van der Waals surface area contributed by atoms with Crippen molar-refractivity contribution in [3.05, 3.63) is 161 Å². The smallest absolute Gasteiger partial charge is 0.162 e. The van der Waals surface area contributed by atoms with Crippen LogP contribution in [0.25, 0.3) is 105 Å². The molecule has 11 rings (SSSR count). The lowest BCUT2D eigenvalue weighted by Crippen LogP contribution is -2.06. The van der Waals surface area contributed by atoms with E-state index in [-0.39, 0.29) is 0 Å². The predicted octanol–water partition coefficient (Wildman–Crippen LogP) is 13.0. The van der Waals surface area contributed by atoms with Crippen LogP contribution in [0.3, 0.4) is 0 Å². The SMILES string of the molecule is Ic1c(-c2ccccc2)nc(-c2cc(-c3ccccc3)c3c(c2)oc2ccccc23)nc1-n1c2ccccc2c2ccc3c4ccccc4oc3c21. The standard InChI is InChI=1S/C46H26IN3O2/c47-41-42(28-15-5-2-6-16-28)48-45(29-25-35(27-13-3-1-4-14-27)40-34-19-9-12-22-38(34)51-39(40)26-29)49-46(41)50-36-20-10-7-17-30(36)32-23-24-33-31-18-8-11-21-37(31)52-44(33)43(32)50/h1-26H. The summed E-state index contributed by atoms with van der Waals surface area (Å²) in [7, 11) is 0. The van der Waals surface area contributed by atoms with Crippen molar-refractivity contribution < 1.29 is 8.83 Å². The summed E-state index contributed by atoms with van der Waals surface area (Å²) in [5, 5.41) is 6.56. The second kappa shape index (κ2) is 11.4. The number of para-hydroxylation sites is 3. The average Bonchev–Trinajstić information content (AvgIpc) is 3.88. The number of aromatic nitrogens is 3. The summed E-state index contributed by atoms with van der Waals surface area (Å²) in [5.74, 6) is 1.39. The molecule has 0 unspecified atom stereocenters. The Hall–Kier alpha value is -6.25. The van der Waals surface area contributed by atoms with Gasteiger partial charge in [-0.2, -0.15) is 0 Å². The van der Waals surface area contributed by atoms with Gasteiger partial charge in [0.2, 0.25) is 0 Å². The normalized spacial score (nSPS) is 11.9. The molecular weight excluding hydrogens is 753 g/mol. The molecular formula is C46H26IN3O2. The number of benzene rings is 7. The van der Waals surface area contributed by atoms with Crippen molar-refractivity contribution >= 4 is 88.3 Å². The number of furan rings is 2. The van der Waals surface area contributed by atoms with E-state index in [0.29, 0.717) is 5.82 Å². The molecule has 0 aliphatic rings. The molecule has 7 aromatic carbocycles. The highest BCUT2D eigenvalue weighted by molar-refractivity contribution is 14.1. The molecule has 0 aliphatic carbocycles. The molecule has 0 spiro atoms. The van der Waals surface area contributed by atoms with Crippen molar-refractivity contribution in [3.63, 3.8) is 0 Å². The number of nitrogens with zero attached hydrogens (tertiary/aromatic N) is 3. The first-order valence-corrected chi connectivity index (χ1v) is 18.3. The maximum Gasteiger partial charge on any atom is 0.162 e. The highest BCUT2D eigenvalue weighted by atomic mass is 127. The zero-order valence-electron chi connectivity index (χ0n) is 27.5. The number of hydrogen-bond acceptors (Lipinski definition) is 4. The van der Waals surface area contributed by atoms with Gasteiger partial charge in [-0.1, -0.05) is 121 Å². The highest BCUT2D eigenvalue weighted by Gasteiger charge is 2.25. The molecule has 0 aliphatic heterocycles. The third-order valence-electron chi connectivity index (χ3n) is 10.1. The highest BCUT2D eigenvalue weighted by Crippen LogP contribution is 2.43. The van der Waals surface area contributed by atoms with Crippen LogP contribution in [0.1, 0.15) is 0 Å². The van der Waals surface area contributed by atoms with Crippen molar-refractivity contribution in [1.29, 1.82) is 0 Å². The molecule has 0 bridgehead atoms. The monoisotopic (exact) mass is 779 g/mol. The summed E-state index contributed by atoms with van der Waals surface area (Å²) in [6.45, 7) is 0. The number of rotatable bonds is 4. The lowest BCUT2D eigenvalue weighted by atomic mass is 9.96. The quantitative estimate of drug-likeness (QED) is 0.167. The predicted molar refractivity (Wildman–Crippen MR) is 220 cm³/mol. The first-order valence-electron chi connectivity index (χ1n) is 17.2. The third-order valence-corrected chi connectivity index (χ3v) is 11.1. The Bertz CT molecular complexity index is 3190. The van der Waals surface area contributed by atoms with Crippen molar-refractivity contribution in [3.8, 4) is 39.6 Å². The minimum absolute atomic E-state index is 0.608. The fourth-order valence-corrected chi connectivity index (χ4v) is 8.57. The molecule has 0 fully saturated rings. The van der Waals surface area contributed by atoms with Gasteiger partial charge in [0.25, 0.3) is 0 Å². The van der Waals surface area contributed by atoms with E-state index in [9.17, 15) is 0 Å². The van der Waals surface area contributed by atoms with E-state index in [1.807, 2.05) is 36.4 Å². The summed E-state index contributed by atoms with van der Waals surface area (Å²) in [6, 6.07) is 54.5. The second-order valence-corrected chi connectivity index (χ2v) is 14.1. The van der Waals surface area contributed by atoms with E-state index >= 15 is 0 Å². The Morgan fingerprint density at radius 3 is 1.90 bits per heavy atom. The summed E-state index contributed by atoms with van der Waals surface area (Å²) in [6.07, 6.45) is 0. The van der Waals surface area contributed by atoms with Gasteiger partial charge in [0, 0.05) is 43.4 Å². The van der Waals surface area contributed by atoms with Crippen molar-refractivity contribution in [2.75, 3.05) is 0 Å². The van der Waals surface area contributed by atoms with Crippen LogP contribution in [0.5, 0.6) is 0 Å². The van der Waals surface area contributed by atoms with Crippen LogP contribution >= 0.6 is 22.6 Å². The lowest BCUT2D eigenvalue weighted by molar-refractivity contribution is 0.669. The van der Waals surface area contributed by atoms with Gasteiger partial charge in [0.1, 0.15) is 16.7 Å². The number of hydrogen-bond donors (Lipinski definition) is 0. The van der Waals surface area contributed by atoms with Crippen molar-refractivity contribution in [2.45, 2.75) is 0 Å². The molecule has 0 radical (unpaired) electrons. The first-order chi connectivity index (χ1) is 25.7. The Balaban J connectivity index is 1.27. The minimum atomic E-state index is 0.608. The van der Waals surface area contributed by atoms with Gasteiger partial charge >= 0.3 is 0 Å². The molecule has 11 aromatic rings. The van der Waals surface area contributed by atoms with E-state index in [0.717, 1.165) is 103 Å². The van der Waals surface area contributed by atoms with Crippen LogP contribution in [0.4, 0.5) is 0 Å². The Labute approximate surface area is 310 Å². The zero-order valence-corrected chi connectivity index (χ0v) is 29.7. The lowest BCUT2D eigenvalue weighted by Gasteiger charge is -2.15. The molecule has 5 nitrogen and oxygen atoms in total. The van der Waals surface area contributed by atoms with E-state index in [4.69, 9.17) is 18.8 Å². The maximum atomic E-state index is 6.69. The van der Waals surface area contributed by atoms with Gasteiger partial charge in [0.05, 0.1) is 20.3 Å². The molecule has 4 aromatic heterocycles. The van der Waals surface area contributed by atoms with Crippen LogP contribution < -0.4 is 0 Å². The van der Waals surface area contributed by atoms with Crippen molar-refractivity contribution in [2.24, 2.45) is 0 Å². The van der Waals surface area contributed by atoms with Crippen LogP contribution in [0.15, 0.2) is 167 Å². The van der Waals surface area contributed by atoms with Gasteiger partial charge in [0.15, 0.2) is 17.2 Å². The minimum Gasteiger partial charge on any atom is -0.456 e. The molecule has 6 heteroatoms. The first kappa shape index (κ1) is 29.5. The van der Waals surface area contributed by atoms with Crippen molar-refractivity contribution in [1.82, 2.24) is 14.5 Å². The molecule has 244 valence electrons. The van der Waals surface area contributed by atoms with Crippen LogP contribution in [-0.4, -0.2) is 14.5 Å². The fourth-order valence-electron chi connectivity index (χ4n) is 7.78. The zero-order chi connectivity index (χ0) is 34.3. The Morgan fingerprint density at radius 2 is 1.12 bits per heavy atom. The van der Waals surface area contributed by atoms with E-state index < -0.39 is 0 Å². The van der Waals surface area contributed by atoms with Crippen LogP contribution in [0.2, 0.25) is 0 Å². The van der Waals surface area contributed by atoms with Gasteiger partial charge in [-0.3, -0.25) is 4.57 Å². The molecule has 0 amide bonds. The molecule has 0 atom stereocenters. The number of fused-ring (bicyclic) bond motifs is 10. The Morgan fingerprint density at radius 1 is 0.481 bits per heavy atom. The Kier molecular flexibility index (Phi) is 6.45. The summed E-state index contributed by atoms with van der Waals surface area (Å²) >= 11 is 2.43. The largest absolute Gasteiger partial charge is 0.456 e. The summed E-state index contributed by atoms with van der Waals surface area (Å²) < 4.78 is 16.4. The third kappa shape index (κ3) is 4.34. The maximum absolute atomic E-state index is 6.69. The van der Waals surface area contributed by atoms with Gasteiger partial charge in [-0.05, 0) is 70.1 Å². The van der Waals surface area contributed by atoms with Crippen LogP contribution in [-0.2, 0) is 0 Å². The molecule has 4 heterocycles. The van der Waals surface area contributed by atoms with Gasteiger partial charge in [-0.25, -0.2) is 9.97 Å². The number of halogens is 1. The van der Waals surface area contributed by atoms with Gasteiger partial charge in [-0.15, -0.1) is 0 Å². The summed E-state index contributed by atoms with van der Waals surface area (Å²) in [4.78, 5) is 10.8. The topological polar surface area (TPSA) is 57.0 Å². The molecule has 0 saturated heterocycles. The second-order valence-electron chi connectivity index (χ2n) is 13.0. The van der Waals surface area contributed by atoms with E-state index in [1.54, 1.807) is 0 Å². The van der Waals surface area contributed by atoms with Crippen LogP contribution in [0, 0.1) is 3.57 Å². The average molecular weight is 780 g/mol. The molecule has 52 heavy (non-hydrogen) atoms. The van der Waals surface area contributed by atoms with Gasteiger partial charge < -0.3 is 8.83 Å². The molecule has 0 N–H and O–H groups in total.